The van der Waals surface area contributed by atoms with Gasteiger partial charge in [0.2, 0.25) is 5.82 Å². The summed E-state index contributed by atoms with van der Waals surface area (Å²) in [5.74, 6) is 1.76. The first kappa shape index (κ1) is 14.1. The molecule has 0 saturated carbocycles. The van der Waals surface area contributed by atoms with Crippen molar-refractivity contribution in [3.63, 3.8) is 0 Å². The van der Waals surface area contributed by atoms with Gasteiger partial charge in [-0.2, -0.15) is 0 Å². The van der Waals surface area contributed by atoms with E-state index in [4.69, 9.17) is 4.74 Å². The van der Waals surface area contributed by atoms with E-state index in [1.165, 1.54) is 11.3 Å². The van der Waals surface area contributed by atoms with Crippen LogP contribution in [0.1, 0.15) is 29.8 Å². The van der Waals surface area contributed by atoms with E-state index in [0.717, 1.165) is 41.2 Å². The summed E-state index contributed by atoms with van der Waals surface area (Å²) < 4.78 is 8.32. The molecule has 4 rings (SSSR count). The van der Waals surface area contributed by atoms with Crippen molar-refractivity contribution in [2.75, 3.05) is 11.9 Å². The molecule has 3 aromatic rings. The molecule has 1 aliphatic heterocycles. The number of aryl methyl sites for hydroxylation is 1. The fourth-order valence-electron chi connectivity index (χ4n) is 2.69. The lowest BCUT2D eigenvalue weighted by molar-refractivity contribution is 0.101. The summed E-state index contributed by atoms with van der Waals surface area (Å²) in [4.78, 5) is 16.8. The van der Waals surface area contributed by atoms with Crippen molar-refractivity contribution in [1.29, 1.82) is 0 Å². The first-order chi connectivity index (χ1) is 11.2. The molecule has 3 heterocycles. The normalized spacial score (nSPS) is 13.3. The van der Waals surface area contributed by atoms with E-state index in [1.807, 2.05) is 29.7 Å². The highest BCUT2D eigenvalue weighted by atomic mass is 32.1. The second-order valence-corrected chi connectivity index (χ2v) is 6.26. The van der Waals surface area contributed by atoms with Crippen LogP contribution in [0.3, 0.4) is 0 Å². The molecule has 7 nitrogen and oxygen atoms in total. The van der Waals surface area contributed by atoms with Gasteiger partial charge in [0.1, 0.15) is 11.6 Å². The third-order valence-corrected chi connectivity index (χ3v) is 4.64. The van der Waals surface area contributed by atoms with Gasteiger partial charge >= 0.3 is 0 Å². The van der Waals surface area contributed by atoms with Gasteiger partial charge in [-0.15, -0.1) is 10.2 Å². The molecule has 118 valence electrons. The Balaban J connectivity index is 1.58. The highest BCUT2D eigenvalue weighted by Gasteiger charge is 2.23. The number of carbonyl (C=O) groups is 1. The minimum Gasteiger partial charge on any atom is -0.494 e. The van der Waals surface area contributed by atoms with Gasteiger partial charge in [0.05, 0.1) is 16.8 Å². The highest BCUT2D eigenvalue weighted by Crippen LogP contribution is 2.29. The Morgan fingerprint density at radius 2 is 2.35 bits per heavy atom. The van der Waals surface area contributed by atoms with E-state index in [0.29, 0.717) is 17.6 Å². The Hall–Kier alpha value is -2.48. The molecule has 0 spiro atoms. The third kappa shape index (κ3) is 2.55. The van der Waals surface area contributed by atoms with Crippen LogP contribution in [-0.2, 0) is 13.0 Å². The van der Waals surface area contributed by atoms with E-state index < -0.39 is 0 Å². The fourth-order valence-corrected chi connectivity index (χ4v) is 3.58. The third-order valence-electron chi connectivity index (χ3n) is 3.70. The van der Waals surface area contributed by atoms with Gasteiger partial charge in [-0.25, -0.2) is 4.98 Å². The largest absolute Gasteiger partial charge is 0.494 e. The quantitative estimate of drug-likeness (QED) is 0.795. The standard InChI is InChI=1S/C15H15N5O2S/c1-2-22-9-5-6-10-11(8-9)23-15(16-10)17-14(21)13-19-18-12-4-3-7-20(12)13/h5-6,8H,2-4,7H2,1H3,(H,16,17,21). The number of nitrogens with one attached hydrogen (secondary N) is 1. The molecule has 0 atom stereocenters. The van der Waals surface area contributed by atoms with Crippen molar-refractivity contribution >= 4 is 32.6 Å². The minimum absolute atomic E-state index is 0.269. The van der Waals surface area contributed by atoms with Crippen LogP contribution in [0.15, 0.2) is 18.2 Å². The predicted octanol–water partition coefficient (Wildman–Crippen LogP) is 2.49. The molecule has 0 saturated heterocycles. The van der Waals surface area contributed by atoms with Gasteiger partial charge in [-0.1, -0.05) is 11.3 Å². The van der Waals surface area contributed by atoms with Crippen LogP contribution in [-0.4, -0.2) is 32.3 Å². The van der Waals surface area contributed by atoms with Crippen molar-refractivity contribution < 1.29 is 9.53 Å². The van der Waals surface area contributed by atoms with Crippen molar-refractivity contribution in [2.24, 2.45) is 0 Å². The van der Waals surface area contributed by atoms with Crippen molar-refractivity contribution in [3.05, 3.63) is 29.8 Å². The summed E-state index contributed by atoms with van der Waals surface area (Å²) in [5, 5.41) is 11.4. The summed E-state index contributed by atoms with van der Waals surface area (Å²) in [7, 11) is 0. The maximum absolute atomic E-state index is 12.4. The zero-order valence-electron chi connectivity index (χ0n) is 12.6. The van der Waals surface area contributed by atoms with E-state index >= 15 is 0 Å². The van der Waals surface area contributed by atoms with Gasteiger partial charge in [-0.05, 0) is 31.5 Å². The molecular formula is C15H15N5O2S. The van der Waals surface area contributed by atoms with Gasteiger partial charge in [0, 0.05) is 13.0 Å². The van der Waals surface area contributed by atoms with Gasteiger partial charge < -0.3 is 9.30 Å². The van der Waals surface area contributed by atoms with E-state index in [2.05, 4.69) is 20.5 Å². The molecule has 0 aliphatic carbocycles. The first-order valence-electron chi connectivity index (χ1n) is 7.51. The molecule has 1 amide bonds. The number of nitrogens with zero attached hydrogens (tertiary/aromatic N) is 4. The number of ether oxygens (including phenoxy) is 1. The maximum Gasteiger partial charge on any atom is 0.295 e. The molecule has 1 aromatic carbocycles. The number of fused-ring (bicyclic) bond motifs is 2. The Labute approximate surface area is 136 Å². The average molecular weight is 329 g/mol. The molecular weight excluding hydrogens is 314 g/mol. The maximum atomic E-state index is 12.4. The minimum atomic E-state index is -0.269. The van der Waals surface area contributed by atoms with E-state index in [1.54, 1.807) is 0 Å². The number of anilines is 1. The number of carbonyl (C=O) groups excluding carboxylic acids is 1. The average Bonchev–Trinajstić information content (AvgIpc) is 3.20. The zero-order chi connectivity index (χ0) is 15.8. The summed E-state index contributed by atoms with van der Waals surface area (Å²) >= 11 is 1.42. The molecule has 0 fully saturated rings. The lowest BCUT2D eigenvalue weighted by Gasteiger charge is -2.01. The molecule has 0 radical (unpaired) electrons. The van der Waals surface area contributed by atoms with Crippen LogP contribution < -0.4 is 10.1 Å². The predicted molar refractivity (Wildman–Crippen MR) is 87.1 cm³/mol. The lowest BCUT2D eigenvalue weighted by atomic mass is 10.3. The van der Waals surface area contributed by atoms with Crippen LogP contribution in [0.4, 0.5) is 5.13 Å². The van der Waals surface area contributed by atoms with Gasteiger partial charge in [-0.3, -0.25) is 10.1 Å². The van der Waals surface area contributed by atoms with E-state index in [-0.39, 0.29) is 5.91 Å². The molecule has 1 N–H and O–H groups in total. The van der Waals surface area contributed by atoms with Crippen LogP contribution in [0.5, 0.6) is 5.75 Å². The number of benzene rings is 1. The Morgan fingerprint density at radius 1 is 1.43 bits per heavy atom. The van der Waals surface area contributed by atoms with E-state index in [9.17, 15) is 4.79 Å². The Kier molecular flexibility index (Phi) is 3.45. The first-order valence-corrected chi connectivity index (χ1v) is 8.33. The summed E-state index contributed by atoms with van der Waals surface area (Å²) in [5.41, 5.74) is 0.834. The monoisotopic (exact) mass is 329 g/mol. The van der Waals surface area contributed by atoms with Crippen LogP contribution in [0.25, 0.3) is 10.2 Å². The number of thiazole rings is 1. The second kappa shape index (κ2) is 5.62. The molecule has 0 unspecified atom stereocenters. The second-order valence-electron chi connectivity index (χ2n) is 5.23. The number of hydrogen-bond acceptors (Lipinski definition) is 6. The smallest absolute Gasteiger partial charge is 0.295 e. The number of amides is 1. The molecule has 8 heteroatoms. The molecule has 1 aliphatic rings. The van der Waals surface area contributed by atoms with Crippen LogP contribution in [0.2, 0.25) is 0 Å². The zero-order valence-corrected chi connectivity index (χ0v) is 13.4. The summed E-state index contributed by atoms with van der Waals surface area (Å²) in [6.45, 7) is 3.36. The SMILES string of the molecule is CCOc1ccc2nc(NC(=O)c3nnc4n3CCC4)sc2c1. The number of rotatable bonds is 4. The van der Waals surface area contributed by atoms with Gasteiger partial charge in [0.25, 0.3) is 5.91 Å². The van der Waals surface area contributed by atoms with Crippen molar-refractivity contribution in [2.45, 2.75) is 26.3 Å². The van der Waals surface area contributed by atoms with Crippen molar-refractivity contribution in [3.8, 4) is 5.75 Å². The Morgan fingerprint density at radius 3 is 3.22 bits per heavy atom. The lowest BCUT2D eigenvalue weighted by Crippen LogP contribution is -2.17. The highest BCUT2D eigenvalue weighted by molar-refractivity contribution is 7.22. The fraction of sp³-hybridized carbons (Fsp3) is 0.333. The molecule has 2 aromatic heterocycles. The van der Waals surface area contributed by atoms with Crippen LogP contribution >= 0.6 is 11.3 Å². The molecule has 0 bridgehead atoms. The molecule has 23 heavy (non-hydrogen) atoms. The number of hydrogen-bond donors (Lipinski definition) is 1. The topological polar surface area (TPSA) is 81.9 Å². The summed E-state index contributed by atoms with van der Waals surface area (Å²) in [6, 6.07) is 5.70. The van der Waals surface area contributed by atoms with Crippen LogP contribution in [0, 0.1) is 0 Å². The van der Waals surface area contributed by atoms with Gasteiger partial charge in [0.15, 0.2) is 5.13 Å². The number of aromatic nitrogens is 4. The summed E-state index contributed by atoms with van der Waals surface area (Å²) in [6.07, 6.45) is 1.88. The van der Waals surface area contributed by atoms with Crippen molar-refractivity contribution in [1.82, 2.24) is 19.7 Å². The Bertz CT molecular complexity index is 885.